The number of aromatic nitrogens is 2. The highest BCUT2D eigenvalue weighted by molar-refractivity contribution is 7.99. The van der Waals surface area contributed by atoms with E-state index in [1.165, 1.54) is 6.07 Å². The molecule has 3 heterocycles. The highest BCUT2D eigenvalue weighted by Crippen LogP contribution is 2.50. The predicted octanol–water partition coefficient (Wildman–Crippen LogP) is 6.68. The molecule has 0 unspecified atom stereocenters. The molecule has 0 atom stereocenters. The summed E-state index contributed by atoms with van der Waals surface area (Å²) in [5, 5.41) is 3.40. The lowest BCUT2D eigenvalue weighted by atomic mass is 9.97. The second kappa shape index (κ2) is 12.1. The minimum Gasteiger partial charge on any atom is -0.382 e. The van der Waals surface area contributed by atoms with Crippen molar-refractivity contribution in [1.29, 1.82) is 0 Å². The molecule has 6 nitrogen and oxygen atoms in total. The number of hydrogen-bond donors (Lipinski definition) is 1. The number of halogens is 6. The van der Waals surface area contributed by atoms with Gasteiger partial charge in [0.05, 0.1) is 30.0 Å². The summed E-state index contributed by atoms with van der Waals surface area (Å²) in [7, 11) is 2.04. The summed E-state index contributed by atoms with van der Waals surface area (Å²) in [4.78, 5) is 11.9. The van der Waals surface area contributed by atoms with Crippen LogP contribution in [0.1, 0.15) is 24.0 Å². The number of ether oxygens (including phenoxy) is 1. The Balaban J connectivity index is 1.51. The van der Waals surface area contributed by atoms with Gasteiger partial charge in [-0.2, -0.15) is 26.3 Å². The van der Waals surface area contributed by atoms with E-state index in [4.69, 9.17) is 4.74 Å². The maximum Gasteiger partial charge on any atom is 0.418 e. The van der Waals surface area contributed by atoms with E-state index in [1.54, 1.807) is 29.2 Å². The fourth-order valence-electron chi connectivity index (χ4n) is 5.08. The highest BCUT2D eigenvalue weighted by Gasteiger charge is 2.47. The molecule has 41 heavy (non-hydrogen) atoms. The second-order valence-corrected chi connectivity index (χ2v) is 11.2. The minimum absolute atomic E-state index is 0.212. The van der Waals surface area contributed by atoms with Crippen molar-refractivity contribution in [2.75, 3.05) is 56.7 Å². The number of piperidine rings is 1. The molecule has 5 rings (SSSR count). The number of nitrogens with one attached hydrogen (secondary N) is 1. The van der Waals surface area contributed by atoms with Gasteiger partial charge in [-0.3, -0.25) is 0 Å². The third-order valence-corrected chi connectivity index (χ3v) is 8.20. The Hall–Kier alpha value is -3.03. The van der Waals surface area contributed by atoms with Crippen molar-refractivity contribution in [3.8, 4) is 11.3 Å². The molecule has 2 aliphatic heterocycles. The van der Waals surface area contributed by atoms with Gasteiger partial charge < -0.3 is 19.9 Å². The van der Waals surface area contributed by atoms with Crippen LogP contribution in [-0.4, -0.2) is 67.4 Å². The van der Waals surface area contributed by atoms with Crippen LogP contribution in [0.15, 0.2) is 58.6 Å². The zero-order chi connectivity index (χ0) is 29.2. The molecule has 1 N–H and O–H groups in total. The molecular weight excluding hydrogens is 568 g/mol. The third-order valence-electron chi connectivity index (χ3n) is 7.15. The normalized spacial score (nSPS) is 17.6. The minimum atomic E-state index is -5.29. The molecule has 220 valence electrons. The summed E-state index contributed by atoms with van der Waals surface area (Å²) in [6.07, 6.45) is -7.66. The van der Waals surface area contributed by atoms with Crippen molar-refractivity contribution >= 4 is 23.3 Å². The predicted molar refractivity (Wildman–Crippen MR) is 145 cm³/mol. The first-order valence-electron chi connectivity index (χ1n) is 13.2. The second-order valence-electron chi connectivity index (χ2n) is 10.1. The molecule has 0 radical (unpaired) electrons. The van der Waals surface area contributed by atoms with E-state index >= 15 is 0 Å². The topological polar surface area (TPSA) is 53.5 Å². The van der Waals surface area contributed by atoms with Crippen molar-refractivity contribution in [3.05, 3.63) is 59.9 Å². The molecule has 1 aromatic heterocycles. The van der Waals surface area contributed by atoms with Crippen molar-refractivity contribution < 1.29 is 31.1 Å². The van der Waals surface area contributed by atoms with Crippen molar-refractivity contribution in [1.82, 2.24) is 14.9 Å². The van der Waals surface area contributed by atoms with Gasteiger partial charge in [-0.05, 0) is 57.2 Å². The maximum atomic E-state index is 14.5. The number of likely N-dealkylation sites (tertiary alicyclic amines) is 1. The summed E-state index contributed by atoms with van der Waals surface area (Å²) in [6.45, 7) is 3.58. The van der Waals surface area contributed by atoms with E-state index in [0.717, 1.165) is 44.4 Å². The number of nitrogens with zero attached hydrogens (tertiary/aromatic N) is 4. The number of rotatable bonds is 6. The van der Waals surface area contributed by atoms with Crippen LogP contribution in [0.25, 0.3) is 11.3 Å². The van der Waals surface area contributed by atoms with Crippen molar-refractivity contribution in [2.24, 2.45) is 0 Å². The van der Waals surface area contributed by atoms with Crippen LogP contribution in [-0.2, 0) is 17.1 Å². The van der Waals surface area contributed by atoms with E-state index in [1.807, 2.05) is 7.05 Å². The highest BCUT2D eigenvalue weighted by atomic mass is 32.2. The van der Waals surface area contributed by atoms with Gasteiger partial charge >= 0.3 is 12.4 Å². The molecule has 2 aromatic carbocycles. The first-order valence-corrected chi connectivity index (χ1v) is 14.0. The fourth-order valence-corrected chi connectivity index (χ4v) is 6.12. The van der Waals surface area contributed by atoms with Crippen molar-refractivity contribution in [2.45, 2.75) is 41.0 Å². The molecule has 2 aliphatic rings. The molecule has 2 fully saturated rings. The average Bonchev–Trinajstić information content (AvgIpc) is 2.94. The van der Waals surface area contributed by atoms with Gasteiger partial charge in [-0.1, -0.05) is 23.9 Å². The van der Waals surface area contributed by atoms with E-state index in [-0.39, 0.29) is 11.7 Å². The van der Waals surface area contributed by atoms with Crippen LogP contribution < -0.4 is 10.2 Å². The van der Waals surface area contributed by atoms with Crippen LogP contribution in [0.4, 0.5) is 37.8 Å². The molecule has 0 saturated carbocycles. The van der Waals surface area contributed by atoms with E-state index in [2.05, 4.69) is 20.2 Å². The average molecular weight is 598 g/mol. The molecule has 0 spiro atoms. The molecular formula is C28H29F6N5OS. The van der Waals surface area contributed by atoms with Crippen molar-refractivity contribution in [3.63, 3.8) is 0 Å². The Kier molecular flexibility index (Phi) is 8.67. The van der Waals surface area contributed by atoms with Crippen LogP contribution in [0.3, 0.4) is 0 Å². The molecule has 13 heteroatoms. The quantitative estimate of drug-likeness (QED) is 0.319. The van der Waals surface area contributed by atoms with Gasteiger partial charge in [0.25, 0.3) is 0 Å². The Morgan fingerprint density at radius 1 is 0.878 bits per heavy atom. The third kappa shape index (κ3) is 7.07. The lowest BCUT2D eigenvalue weighted by molar-refractivity contribution is -0.163. The molecule has 0 aliphatic carbocycles. The van der Waals surface area contributed by atoms with Crippen LogP contribution in [0.5, 0.6) is 0 Å². The number of hydrogen-bond acceptors (Lipinski definition) is 7. The lowest BCUT2D eigenvalue weighted by Crippen LogP contribution is -2.36. The van der Waals surface area contributed by atoms with Gasteiger partial charge in [0.15, 0.2) is 0 Å². The monoisotopic (exact) mass is 597 g/mol. The fraction of sp³-hybridized carbons (Fsp3) is 0.429. The first kappa shape index (κ1) is 29.5. The van der Waals surface area contributed by atoms with Gasteiger partial charge in [-0.15, -0.1) is 0 Å². The van der Waals surface area contributed by atoms with E-state index in [9.17, 15) is 26.3 Å². The van der Waals surface area contributed by atoms with E-state index in [0.29, 0.717) is 54.5 Å². The molecule has 2 saturated heterocycles. The number of anilines is 2. The van der Waals surface area contributed by atoms with Gasteiger partial charge in [0, 0.05) is 46.2 Å². The Bertz CT molecular complexity index is 1350. The van der Waals surface area contributed by atoms with E-state index < -0.39 is 33.9 Å². The summed E-state index contributed by atoms with van der Waals surface area (Å²) in [5.41, 5.74) is -3.67. The zero-order valence-electron chi connectivity index (χ0n) is 22.2. The maximum absolute atomic E-state index is 14.5. The summed E-state index contributed by atoms with van der Waals surface area (Å²) in [5.74, 6) is 0.326. The zero-order valence-corrected chi connectivity index (χ0v) is 23.0. The lowest BCUT2D eigenvalue weighted by Gasteiger charge is -2.30. The Labute approximate surface area is 238 Å². The summed E-state index contributed by atoms with van der Waals surface area (Å²) in [6, 6.07) is 10.4. The number of benzene rings is 2. The molecule has 3 aromatic rings. The largest absolute Gasteiger partial charge is 0.418 e. The number of morpholine rings is 1. The van der Waals surface area contributed by atoms with Gasteiger partial charge in [0.2, 0.25) is 0 Å². The Morgan fingerprint density at radius 3 is 2.27 bits per heavy atom. The van der Waals surface area contributed by atoms with Crippen LogP contribution in [0, 0.1) is 0 Å². The SMILES string of the molecule is CN1CCC(Nc2cccc(Sc3ccc(-c4cc(N5CCOCC5)ncn4)c(C(F)(F)F)c3C(F)(F)F)c2)CC1. The van der Waals surface area contributed by atoms with Crippen LogP contribution in [0.2, 0.25) is 0 Å². The van der Waals surface area contributed by atoms with Gasteiger partial charge in [0.1, 0.15) is 12.1 Å². The molecule has 0 bridgehead atoms. The molecule has 0 amide bonds. The van der Waals surface area contributed by atoms with Gasteiger partial charge in [-0.25, -0.2) is 9.97 Å². The smallest absolute Gasteiger partial charge is 0.382 e. The summed E-state index contributed by atoms with van der Waals surface area (Å²) < 4.78 is 92.0. The van der Waals surface area contributed by atoms with Crippen LogP contribution >= 0.6 is 11.8 Å². The first-order chi connectivity index (χ1) is 19.5. The standard InChI is InChI=1S/C28H29F6N5OS/c1-38-9-7-18(8-10-38)37-19-3-2-4-20(15-19)41-23-6-5-21(25(27(29,30)31)26(23)28(32,33)34)22-16-24(36-17-35-22)39-11-13-40-14-12-39/h2-6,15-18,37H,7-14H2,1H3. The number of alkyl halides is 6. The summed E-state index contributed by atoms with van der Waals surface area (Å²) >= 11 is 0.655. The Morgan fingerprint density at radius 2 is 1.59 bits per heavy atom.